The van der Waals surface area contributed by atoms with Crippen molar-refractivity contribution in [3.63, 3.8) is 0 Å². The van der Waals surface area contributed by atoms with Gasteiger partial charge in [-0.25, -0.2) is 0 Å². The molecule has 0 spiro atoms. The number of aliphatic hydroxyl groups excluding tert-OH is 1. The largest absolute Gasteiger partial charge is 0.497 e. The third-order valence-electron chi connectivity index (χ3n) is 3.79. The van der Waals surface area contributed by atoms with Gasteiger partial charge in [-0.15, -0.1) is 6.58 Å². The van der Waals surface area contributed by atoms with Crippen LogP contribution in [0.4, 0.5) is 0 Å². The molecule has 1 aromatic rings. The van der Waals surface area contributed by atoms with Crippen LogP contribution in [0.1, 0.15) is 32.8 Å². The Hall–Kier alpha value is -1.32. The molecule has 0 amide bonds. The van der Waals surface area contributed by atoms with Gasteiger partial charge in [-0.2, -0.15) is 0 Å². The highest BCUT2D eigenvalue weighted by molar-refractivity contribution is 5.26. The minimum absolute atomic E-state index is 0.0158. The van der Waals surface area contributed by atoms with Crippen LogP contribution in [-0.2, 0) is 11.3 Å². The van der Waals surface area contributed by atoms with E-state index in [-0.39, 0.29) is 12.0 Å². The fraction of sp³-hybridized carbons (Fsp3) is 0.556. The van der Waals surface area contributed by atoms with E-state index < -0.39 is 6.10 Å². The second-order valence-corrected chi connectivity index (χ2v) is 5.82. The molecule has 0 bridgehead atoms. The molecule has 0 aromatic heterocycles. The van der Waals surface area contributed by atoms with Crippen molar-refractivity contribution in [2.24, 2.45) is 11.8 Å². The zero-order chi connectivity index (χ0) is 15.8. The summed E-state index contributed by atoms with van der Waals surface area (Å²) < 4.78 is 11.2. The molecule has 0 aliphatic rings. The second kappa shape index (κ2) is 8.85. The molecule has 0 radical (unpaired) electrons. The van der Waals surface area contributed by atoms with Crippen molar-refractivity contribution in [2.45, 2.75) is 46.0 Å². The molecule has 0 unspecified atom stereocenters. The Bertz CT molecular complexity index is 411. The highest BCUT2D eigenvalue weighted by Crippen LogP contribution is 2.23. The maximum absolute atomic E-state index is 10.1. The first-order valence-electron chi connectivity index (χ1n) is 7.53. The molecule has 0 aliphatic heterocycles. The van der Waals surface area contributed by atoms with Crippen molar-refractivity contribution in [3.8, 4) is 5.75 Å². The van der Waals surface area contributed by atoms with Gasteiger partial charge in [-0.05, 0) is 30.0 Å². The van der Waals surface area contributed by atoms with E-state index in [4.69, 9.17) is 9.47 Å². The zero-order valence-electron chi connectivity index (χ0n) is 13.6. The molecule has 3 atom stereocenters. The van der Waals surface area contributed by atoms with Crippen LogP contribution in [0.25, 0.3) is 0 Å². The Morgan fingerprint density at radius 1 is 1.19 bits per heavy atom. The van der Waals surface area contributed by atoms with Gasteiger partial charge in [0.05, 0.1) is 25.9 Å². The topological polar surface area (TPSA) is 38.7 Å². The summed E-state index contributed by atoms with van der Waals surface area (Å²) in [6.45, 7) is 10.5. The average Bonchev–Trinajstić information content (AvgIpc) is 2.47. The van der Waals surface area contributed by atoms with Gasteiger partial charge in [-0.1, -0.05) is 39.0 Å². The average molecular weight is 292 g/mol. The van der Waals surface area contributed by atoms with Crippen LogP contribution in [0.2, 0.25) is 0 Å². The lowest BCUT2D eigenvalue weighted by atomic mass is 9.89. The maximum Gasteiger partial charge on any atom is 0.118 e. The smallest absolute Gasteiger partial charge is 0.118 e. The number of hydrogen-bond donors (Lipinski definition) is 1. The van der Waals surface area contributed by atoms with Gasteiger partial charge >= 0.3 is 0 Å². The molecule has 0 saturated heterocycles. The molecule has 3 nitrogen and oxygen atoms in total. The summed E-state index contributed by atoms with van der Waals surface area (Å²) in [5, 5.41) is 10.1. The summed E-state index contributed by atoms with van der Waals surface area (Å²) in [4.78, 5) is 0. The third kappa shape index (κ3) is 5.52. The van der Waals surface area contributed by atoms with Gasteiger partial charge in [0.25, 0.3) is 0 Å². The molecule has 118 valence electrons. The lowest BCUT2D eigenvalue weighted by Gasteiger charge is -2.30. The zero-order valence-corrected chi connectivity index (χ0v) is 13.6. The fourth-order valence-corrected chi connectivity index (χ4v) is 2.47. The van der Waals surface area contributed by atoms with Crippen molar-refractivity contribution in [1.29, 1.82) is 0 Å². The molecule has 3 heteroatoms. The third-order valence-corrected chi connectivity index (χ3v) is 3.79. The molecule has 0 fully saturated rings. The Morgan fingerprint density at radius 3 is 2.29 bits per heavy atom. The van der Waals surface area contributed by atoms with Crippen LogP contribution in [0.15, 0.2) is 36.9 Å². The predicted octanol–water partition coefficient (Wildman–Crippen LogP) is 3.81. The van der Waals surface area contributed by atoms with Crippen LogP contribution in [0.5, 0.6) is 5.75 Å². The summed E-state index contributed by atoms with van der Waals surface area (Å²) in [5.74, 6) is 1.26. The van der Waals surface area contributed by atoms with Crippen LogP contribution < -0.4 is 4.74 Å². The number of ether oxygens (including phenoxy) is 2. The normalized spacial score (nSPS) is 15.5. The summed E-state index contributed by atoms with van der Waals surface area (Å²) >= 11 is 0. The molecule has 0 saturated carbocycles. The highest BCUT2D eigenvalue weighted by atomic mass is 16.5. The molecule has 0 heterocycles. The van der Waals surface area contributed by atoms with E-state index >= 15 is 0 Å². The number of benzene rings is 1. The molecular formula is C18H28O3. The first-order chi connectivity index (χ1) is 9.99. The van der Waals surface area contributed by atoms with E-state index in [0.717, 1.165) is 11.3 Å². The lowest BCUT2D eigenvalue weighted by molar-refractivity contribution is -0.0603. The molecular weight excluding hydrogens is 264 g/mol. The molecule has 0 aliphatic carbocycles. The van der Waals surface area contributed by atoms with Crippen LogP contribution >= 0.6 is 0 Å². The van der Waals surface area contributed by atoms with Crippen molar-refractivity contribution < 1.29 is 14.6 Å². The van der Waals surface area contributed by atoms with E-state index in [1.165, 1.54) is 0 Å². The highest BCUT2D eigenvalue weighted by Gasteiger charge is 2.26. The van der Waals surface area contributed by atoms with Gasteiger partial charge in [0.15, 0.2) is 0 Å². The Balaban J connectivity index is 2.63. The lowest BCUT2D eigenvalue weighted by Crippen LogP contribution is -2.35. The number of methoxy groups -OCH3 is 1. The first kappa shape index (κ1) is 17.7. The van der Waals surface area contributed by atoms with E-state index in [0.29, 0.717) is 18.9 Å². The van der Waals surface area contributed by atoms with Gasteiger partial charge < -0.3 is 14.6 Å². The predicted molar refractivity (Wildman–Crippen MR) is 86.4 cm³/mol. The van der Waals surface area contributed by atoms with Crippen LogP contribution in [0, 0.1) is 11.8 Å². The Labute approximate surface area is 128 Å². The van der Waals surface area contributed by atoms with E-state index in [2.05, 4.69) is 20.4 Å². The van der Waals surface area contributed by atoms with Crippen LogP contribution in [-0.4, -0.2) is 24.4 Å². The van der Waals surface area contributed by atoms with Gasteiger partial charge in [-0.3, -0.25) is 0 Å². The standard InChI is InChI=1S/C18H28O3/c1-6-7-17(19)14(4)18(13(2)3)21-12-15-8-10-16(20-5)11-9-15/h6,8-11,13-14,17-19H,1,7,12H2,2-5H3/t14-,17+,18-/m1/s1. The summed E-state index contributed by atoms with van der Waals surface area (Å²) in [5.41, 5.74) is 1.10. The summed E-state index contributed by atoms with van der Waals surface area (Å²) in [7, 11) is 1.66. The SMILES string of the molecule is C=CC[C@H](O)[C@@H](C)[C@H](OCc1ccc(OC)cc1)C(C)C. The first-order valence-corrected chi connectivity index (χ1v) is 7.53. The second-order valence-electron chi connectivity index (χ2n) is 5.82. The summed E-state index contributed by atoms with van der Waals surface area (Å²) in [6.07, 6.45) is 1.95. The molecule has 1 N–H and O–H groups in total. The minimum Gasteiger partial charge on any atom is -0.497 e. The Kier molecular flexibility index (Phi) is 7.48. The molecule has 1 aromatic carbocycles. The summed E-state index contributed by atoms with van der Waals surface area (Å²) in [6, 6.07) is 7.86. The number of hydrogen-bond acceptors (Lipinski definition) is 3. The monoisotopic (exact) mass is 292 g/mol. The molecule has 1 rings (SSSR count). The van der Waals surface area contributed by atoms with Crippen molar-refractivity contribution in [3.05, 3.63) is 42.5 Å². The maximum atomic E-state index is 10.1. The quantitative estimate of drug-likeness (QED) is 0.703. The van der Waals surface area contributed by atoms with Gasteiger partial charge in [0.2, 0.25) is 0 Å². The van der Waals surface area contributed by atoms with Crippen molar-refractivity contribution >= 4 is 0 Å². The molecule has 21 heavy (non-hydrogen) atoms. The Morgan fingerprint density at radius 2 is 1.81 bits per heavy atom. The fourth-order valence-electron chi connectivity index (χ4n) is 2.47. The number of rotatable bonds is 9. The van der Waals surface area contributed by atoms with Gasteiger partial charge in [0.1, 0.15) is 5.75 Å². The van der Waals surface area contributed by atoms with E-state index in [1.807, 2.05) is 31.2 Å². The van der Waals surface area contributed by atoms with Gasteiger partial charge in [0, 0.05) is 5.92 Å². The van der Waals surface area contributed by atoms with Crippen molar-refractivity contribution in [1.82, 2.24) is 0 Å². The number of aliphatic hydroxyl groups is 1. The van der Waals surface area contributed by atoms with Crippen LogP contribution in [0.3, 0.4) is 0 Å². The van der Waals surface area contributed by atoms with E-state index in [1.54, 1.807) is 13.2 Å². The van der Waals surface area contributed by atoms with E-state index in [9.17, 15) is 5.11 Å². The van der Waals surface area contributed by atoms with Crippen molar-refractivity contribution in [2.75, 3.05) is 7.11 Å². The minimum atomic E-state index is -0.411.